The third kappa shape index (κ3) is 5.41. The summed E-state index contributed by atoms with van der Waals surface area (Å²) in [6, 6.07) is 68.0. The second kappa shape index (κ2) is 12.7. The first-order chi connectivity index (χ1) is 24.8. The molecule has 0 bridgehead atoms. The van der Waals surface area contributed by atoms with Crippen molar-refractivity contribution >= 4 is 38.9 Å². The summed E-state index contributed by atoms with van der Waals surface area (Å²) in [5, 5.41) is 2.50. The lowest BCUT2D eigenvalue weighted by Crippen LogP contribution is -2.09. The molecule has 0 spiro atoms. The Morgan fingerprint density at radius 2 is 0.860 bits per heavy atom. The molecule has 50 heavy (non-hydrogen) atoms. The van der Waals surface area contributed by atoms with E-state index in [1.807, 2.05) is 36.4 Å². The molecule has 1 aromatic heterocycles. The molecule has 3 heteroatoms. The number of nitrogens with zero attached hydrogens (tertiary/aromatic N) is 2. The third-order valence-corrected chi connectivity index (χ3v) is 9.33. The Balaban J connectivity index is 1.11. The lowest BCUT2D eigenvalue weighted by atomic mass is 9.97. The van der Waals surface area contributed by atoms with Crippen molar-refractivity contribution in [3.8, 4) is 44.8 Å². The molecule has 3 nitrogen and oxygen atoms in total. The average molecular weight is 641 g/mol. The second-order valence-electron chi connectivity index (χ2n) is 12.4. The van der Waals surface area contributed by atoms with Crippen molar-refractivity contribution in [3.05, 3.63) is 194 Å². The van der Waals surface area contributed by atoms with Crippen LogP contribution in [0.4, 0.5) is 17.1 Å². The van der Waals surface area contributed by atoms with Gasteiger partial charge in [-0.2, -0.15) is 0 Å². The van der Waals surface area contributed by atoms with E-state index in [0.717, 1.165) is 56.0 Å². The minimum absolute atomic E-state index is 0.615. The van der Waals surface area contributed by atoms with Crippen LogP contribution in [0.15, 0.2) is 199 Å². The molecular formula is C47H32N2O. The molecule has 0 N–H and O–H groups in total. The molecule has 0 atom stereocenters. The highest BCUT2D eigenvalue weighted by Gasteiger charge is 2.19. The van der Waals surface area contributed by atoms with Crippen LogP contribution in [-0.4, -0.2) is 4.98 Å². The van der Waals surface area contributed by atoms with Crippen LogP contribution in [0.5, 0.6) is 0 Å². The minimum atomic E-state index is 0.615. The summed E-state index contributed by atoms with van der Waals surface area (Å²) in [7, 11) is 0. The summed E-state index contributed by atoms with van der Waals surface area (Å²) in [4.78, 5) is 7.34. The number of hydrogen-bond donors (Lipinski definition) is 0. The van der Waals surface area contributed by atoms with Gasteiger partial charge < -0.3 is 9.32 Å². The van der Waals surface area contributed by atoms with Gasteiger partial charge in [-0.05, 0) is 87.6 Å². The second-order valence-corrected chi connectivity index (χ2v) is 12.4. The Kier molecular flexibility index (Phi) is 7.49. The maximum Gasteiger partial charge on any atom is 0.227 e. The zero-order valence-corrected chi connectivity index (χ0v) is 27.3. The summed E-state index contributed by atoms with van der Waals surface area (Å²) in [5.74, 6) is 0.615. The molecule has 0 unspecified atom stereocenters. The fourth-order valence-electron chi connectivity index (χ4n) is 6.87. The fraction of sp³-hybridized carbons (Fsp3) is 0. The predicted molar refractivity (Wildman–Crippen MR) is 208 cm³/mol. The van der Waals surface area contributed by atoms with Crippen LogP contribution in [0.25, 0.3) is 66.7 Å². The molecule has 0 amide bonds. The number of para-hydroxylation sites is 1. The first-order valence-electron chi connectivity index (χ1n) is 16.9. The van der Waals surface area contributed by atoms with Crippen LogP contribution in [0.1, 0.15) is 0 Å². The first kappa shape index (κ1) is 29.4. The number of hydrogen-bond acceptors (Lipinski definition) is 3. The Morgan fingerprint density at radius 3 is 1.54 bits per heavy atom. The molecule has 0 fully saturated rings. The van der Waals surface area contributed by atoms with E-state index < -0.39 is 0 Å². The molecule has 9 aromatic rings. The van der Waals surface area contributed by atoms with Crippen LogP contribution >= 0.6 is 0 Å². The minimum Gasteiger partial charge on any atom is -0.435 e. The lowest BCUT2D eigenvalue weighted by Gasteiger charge is -2.26. The van der Waals surface area contributed by atoms with Gasteiger partial charge in [0.05, 0.1) is 0 Å². The van der Waals surface area contributed by atoms with Crippen molar-refractivity contribution in [1.82, 2.24) is 4.98 Å². The third-order valence-electron chi connectivity index (χ3n) is 9.33. The summed E-state index contributed by atoms with van der Waals surface area (Å²) in [5.41, 5.74) is 12.5. The predicted octanol–water partition coefficient (Wildman–Crippen LogP) is 13.1. The van der Waals surface area contributed by atoms with E-state index >= 15 is 0 Å². The van der Waals surface area contributed by atoms with Gasteiger partial charge in [-0.1, -0.05) is 140 Å². The van der Waals surface area contributed by atoms with Crippen LogP contribution in [0.3, 0.4) is 0 Å². The van der Waals surface area contributed by atoms with E-state index in [4.69, 9.17) is 9.40 Å². The molecule has 1 heterocycles. The largest absolute Gasteiger partial charge is 0.435 e. The SMILES string of the molecule is c1ccc(-c2nc3c(-c4ccccc4)ccc(-c4ccc(N(c5ccccc5)c5ccc(-c6cccc7ccccc67)cc5)cc4)c3o2)cc1. The van der Waals surface area contributed by atoms with Crippen LogP contribution in [0.2, 0.25) is 0 Å². The summed E-state index contributed by atoms with van der Waals surface area (Å²) < 4.78 is 6.57. The number of fused-ring (bicyclic) bond motifs is 2. The van der Waals surface area contributed by atoms with E-state index in [0.29, 0.717) is 5.89 Å². The standard InChI is InChI=1S/C47H32N2O/c1-4-13-34(14-5-1)43-31-32-44(46-45(43)48-47(50-46)37-16-6-2-7-17-37)36-25-29-40(30-26-36)49(38-19-8-3-9-20-38)39-27-23-35(24-28-39)42-22-12-18-33-15-10-11-21-41(33)42/h1-32H. The van der Waals surface area contributed by atoms with Crippen LogP contribution in [-0.2, 0) is 0 Å². The zero-order valence-electron chi connectivity index (χ0n) is 27.3. The van der Waals surface area contributed by atoms with Gasteiger partial charge in [0.1, 0.15) is 5.52 Å². The molecule has 0 radical (unpaired) electrons. The van der Waals surface area contributed by atoms with E-state index in [2.05, 4.69) is 163 Å². The van der Waals surface area contributed by atoms with Crippen molar-refractivity contribution in [3.63, 3.8) is 0 Å². The molecule has 0 aliphatic carbocycles. The molecule has 0 saturated carbocycles. The monoisotopic (exact) mass is 640 g/mol. The summed E-state index contributed by atoms with van der Waals surface area (Å²) >= 11 is 0. The van der Waals surface area contributed by atoms with Gasteiger partial charge >= 0.3 is 0 Å². The number of rotatable bonds is 7. The highest BCUT2D eigenvalue weighted by molar-refractivity contribution is 6.01. The molecule has 0 saturated heterocycles. The van der Waals surface area contributed by atoms with Crippen molar-refractivity contribution < 1.29 is 4.42 Å². The first-order valence-corrected chi connectivity index (χ1v) is 16.9. The Bertz CT molecular complexity index is 2550. The van der Waals surface area contributed by atoms with Crippen LogP contribution in [0, 0.1) is 0 Å². The van der Waals surface area contributed by atoms with E-state index in [1.54, 1.807) is 0 Å². The zero-order chi connectivity index (χ0) is 33.3. The van der Waals surface area contributed by atoms with Gasteiger partial charge in [-0.25, -0.2) is 4.98 Å². The molecule has 9 rings (SSSR count). The van der Waals surface area contributed by atoms with Crippen molar-refractivity contribution in [1.29, 1.82) is 0 Å². The van der Waals surface area contributed by atoms with Gasteiger partial charge in [0.15, 0.2) is 5.58 Å². The Labute approximate surface area is 291 Å². The smallest absolute Gasteiger partial charge is 0.227 e. The quantitative estimate of drug-likeness (QED) is 0.174. The maximum absolute atomic E-state index is 6.57. The van der Waals surface area contributed by atoms with E-state index in [-0.39, 0.29) is 0 Å². The lowest BCUT2D eigenvalue weighted by molar-refractivity contribution is 0.621. The number of anilines is 3. The van der Waals surface area contributed by atoms with E-state index in [1.165, 1.54) is 21.9 Å². The average Bonchev–Trinajstić information content (AvgIpc) is 3.65. The molecule has 0 aliphatic rings. The highest BCUT2D eigenvalue weighted by Crippen LogP contribution is 2.41. The number of aromatic nitrogens is 1. The summed E-state index contributed by atoms with van der Waals surface area (Å²) in [6.07, 6.45) is 0. The van der Waals surface area contributed by atoms with Crippen molar-refractivity contribution in [2.24, 2.45) is 0 Å². The van der Waals surface area contributed by atoms with Crippen LogP contribution < -0.4 is 4.90 Å². The van der Waals surface area contributed by atoms with Gasteiger partial charge in [0.2, 0.25) is 5.89 Å². The van der Waals surface area contributed by atoms with Gasteiger partial charge in [-0.3, -0.25) is 0 Å². The van der Waals surface area contributed by atoms with E-state index in [9.17, 15) is 0 Å². The molecule has 0 aliphatic heterocycles. The van der Waals surface area contributed by atoms with Gasteiger partial charge in [0, 0.05) is 33.8 Å². The fourth-order valence-corrected chi connectivity index (χ4v) is 6.87. The molecule has 236 valence electrons. The van der Waals surface area contributed by atoms with Crippen molar-refractivity contribution in [2.45, 2.75) is 0 Å². The van der Waals surface area contributed by atoms with Crippen molar-refractivity contribution in [2.75, 3.05) is 4.90 Å². The number of benzene rings is 8. The topological polar surface area (TPSA) is 29.3 Å². The Hall–Kier alpha value is -6.71. The summed E-state index contributed by atoms with van der Waals surface area (Å²) in [6.45, 7) is 0. The maximum atomic E-state index is 6.57. The number of oxazole rings is 1. The van der Waals surface area contributed by atoms with Gasteiger partial charge in [-0.15, -0.1) is 0 Å². The molecule has 8 aromatic carbocycles. The van der Waals surface area contributed by atoms with Gasteiger partial charge in [0.25, 0.3) is 0 Å². The molecular weight excluding hydrogens is 609 g/mol. The normalized spacial score (nSPS) is 11.2. The Morgan fingerprint density at radius 1 is 0.360 bits per heavy atom. The highest BCUT2D eigenvalue weighted by atomic mass is 16.3.